The Labute approximate surface area is 75.1 Å². The molecule has 0 saturated carbocycles. The minimum atomic E-state index is -3.81. The molecule has 0 bridgehead atoms. The van der Waals surface area contributed by atoms with Gasteiger partial charge in [-0.3, -0.25) is 13.8 Å². The fourth-order valence-corrected chi connectivity index (χ4v) is 0.971. The molecule has 13 heavy (non-hydrogen) atoms. The summed E-state index contributed by atoms with van der Waals surface area (Å²) in [6.45, 7) is 0. The first-order chi connectivity index (χ1) is 6.08. The van der Waals surface area contributed by atoms with Gasteiger partial charge in [0.15, 0.2) is 0 Å². The summed E-state index contributed by atoms with van der Waals surface area (Å²) in [5.74, 6) is -1.00. The van der Waals surface area contributed by atoms with E-state index in [1.54, 1.807) is 0 Å². The van der Waals surface area contributed by atoms with Gasteiger partial charge in [0.25, 0.3) is 0 Å². The predicted molar refractivity (Wildman–Crippen MR) is 42.6 cm³/mol. The predicted octanol–water partition coefficient (Wildman–Crippen LogP) is 0.596. The Morgan fingerprint density at radius 1 is 1.38 bits per heavy atom. The third-order valence-electron chi connectivity index (χ3n) is 0.936. The summed E-state index contributed by atoms with van der Waals surface area (Å²) in [6.07, 6.45) is 2.84. The highest BCUT2D eigenvalue weighted by molar-refractivity contribution is 7.49. The van der Waals surface area contributed by atoms with Crippen molar-refractivity contribution < 1.29 is 27.7 Å². The molecule has 0 amide bonds. The van der Waals surface area contributed by atoms with Crippen molar-refractivity contribution in [2.24, 2.45) is 0 Å². The van der Waals surface area contributed by atoms with Crippen molar-refractivity contribution >= 4 is 20.1 Å². The SMILES string of the molecule is COP(=O)(OC)OC(=O)/C=C/[C]=O. The third-order valence-corrected chi connectivity index (χ3v) is 2.23. The Hall–Kier alpha value is -0.970. The van der Waals surface area contributed by atoms with Crippen molar-refractivity contribution in [3.8, 4) is 0 Å². The van der Waals surface area contributed by atoms with Crippen LogP contribution in [0.25, 0.3) is 0 Å². The van der Waals surface area contributed by atoms with E-state index < -0.39 is 13.8 Å². The lowest BCUT2D eigenvalue weighted by molar-refractivity contribution is -0.130. The van der Waals surface area contributed by atoms with Gasteiger partial charge in [0.2, 0.25) is 6.29 Å². The van der Waals surface area contributed by atoms with E-state index in [2.05, 4.69) is 13.6 Å². The van der Waals surface area contributed by atoms with Gasteiger partial charge in [-0.1, -0.05) is 0 Å². The van der Waals surface area contributed by atoms with Crippen LogP contribution >= 0.6 is 7.82 Å². The Kier molecular flexibility index (Phi) is 5.22. The molecular formula is C6H8O6P. The summed E-state index contributed by atoms with van der Waals surface area (Å²) in [5.41, 5.74) is 0. The van der Waals surface area contributed by atoms with Crippen LogP contribution in [0.1, 0.15) is 0 Å². The molecule has 0 aliphatic carbocycles. The molecule has 7 heteroatoms. The van der Waals surface area contributed by atoms with E-state index in [1.165, 1.54) is 6.29 Å². The Morgan fingerprint density at radius 2 is 1.92 bits per heavy atom. The van der Waals surface area contributed by atoms with Gasteiger partial charge in [-0.15, -0.1) is 0 Å². The van der Waals surface area contributed by atoms with E-state index in [4.69, 9.17) is 0 Å². The smallest absolute Gasteiger partial charge is 0.367 e. The number of allylic oxidation sites excluding steroid dienone is 1. The summed E-state index contributed by atoms with van der Waals surface area (Å²) >= 11 is 0. The van der Waals surface area contributed by atoms with Crippen LogP contribution in [0.4, 0.5) is 0 Å². The average Bonchev–Trinajstić information content (AvgIpc) is 2.14. The first kappa shape index (κ1) is 12.0. The monoisotopic (exact) mass is 207 g/mol. The number of rotatable bonds is 5. The lowest BCUT2D eigenvalue weighted by Crippen LogP contribution is -2.01. The second kappa shape index (κ2) is 5.64. The van der Waals surface area contributed by atoms with Gasteiger partial charge in [-0.25, -0.2) is 9.36 Å². The molecule has 73 valence electrons. The molecule has 6 nitrogen and oxygen atoms in total. The molecule has 0 atom stereocenters. The summed E-state index contributed by atoms with van der Waals surface area (Å²) in [4.78, 5) is 20.4. The van der Waals surface area contributed by atoms with Crippen LogP contribution in [0.5, 0.6) is 0 Å². The molecule has 0 aliphatic rings. The maximum Gasteiger partial charge on any atom is 0.531 e. The van der Waals surface area contributed by atoms with Crippen LogP contribution in [0.3, 0.4) is 0 Å². The normalized spacial score (nSPS) is 11.5. The van der Waals surface area contributed by atoms with E-state index in [-0.39, 0.29) is 0 Å². The highest BCUT2D eigenvalue weighted by Gasteiger charge is 2.26. The Bertz CT molecular complexity index is 250. The van der Waals surface area contributed by atoms with Crippen LogP contribution < -0.4 is 0 Å². The van der Waals surface area contributed by atoms with Crippen LogP contribution in [-0.2, 0) is 27.7 Å². The average molecular weight is 207 g/mol. The molecule has 0 fully saturated rings. The third kappa shape index (κ3) is 4.57. The molecule has 0 aliphatic heterocycles. The number of hydrogen-bond donors (Lipinski definition) is 0. The van der Waals surface area contributed by atoms with Gasteiger partial charge >= 0.3 is 13.8 Å². The first-order valence-electron chi connectivity index (χ1n) is 3.07. The molecule has 0 aromatic heterocycles. The van der Waals surface area contributed by atoms with E-state index in [0.717, 1.165) is 26.4 Å². The first-order valence-corrected chi connectivity index (χ1v) is 4.53. The van der Waals surface area contributed by atoms with Crippen molar-refractivity contribution in [3.63, 3.8) is 0 Å². The van der Waals surface area contributed by atoms with Crippen LogP contribution in [-0.4, -0.2) is 26.5 Å². The van der Waals surface area contributed by atoms with Gasteiger partial charge in [0.05, 0.1) is 0 Å². The standard InChI is InChI=1S/C6H8O6P/c1-10-13(9,11-2)12-6(8)4-3-5-7/h3-4H,1-2H3/b4-3+. The van der Waals surface area contributed by atoms with Crippen molar-refractivity contribution in [1.29, 1.82) is 0 Å². The molecule has 0 unspecified atom stereocenters. The van der Waals surface area contributed by atoms with Crippen molar-refractivity contribution in [2.75, 3.05) is 14.2 Å². The van der Waals surface area contributed by atoms with E-state index in [1.807, 2.05) is 0 Å². The largest absolute Gasteiger partial charge is 0.531 e. The molecule has 0 N–H and O–H groups in total. The van der Waals surface area contributed by atoms with Crippen molar-refractivity contribution in [2.45, 2.75) is 0 Å². The lowest BCUT2D eigenvalue weighted by Gasteiger charge is -2.10. The number of hydrogen-bond acceptors (Lipinski definition) is 6. The molecule has 1 radical (unpaired) electrons. The topological polar surface area (TPSA) is 78.9 Å². The minimum absolute atomic E-state index is 0.748. The van der Waals surface area contributed by atoms with Gasteiger partial charge in [-0.2, -0.15) is 0 Å². The highest BCUT2D eigenvalue weighted by atomic mass is 31.2. The lowest BCUT2D eigenvalue weighted by atomic mass is 10.5. The molecule has 0 rings (SSSR count). The quantitative estimate of drug-likeness (QED) is 0.485. The van der Waals surface area contributed by atoms with Gasteiger partial charge in [-0.05, 0) is 6.08 Å². The number of phosphoric acid groups is 1. The summed E-state index contributed by atoms with van der Waals surface area (Å²) in [5, 5.41) is 0. The minimum Gasteiger partial charge on any atom is -0.367 e. The van der Waals surface area contributed by atoms with E-state index >= 15 is 0 Å². The molecule has 0 aromatic rings. The Morgan fingerprint density at radius 3 is 2.31 bits per heavy atom. The summed E-state index contributed by atoms with van der Waals surface area (Å²) in [6, 6.07) is 0. The fourth-order valence-electron chi connectivity index (χ4n) is 0.392. The van der Waals surface area contributed by atoms with Crippen LogP contribution in [0, 0.1) is 0 Å². The molecule has 0 aromatic carbocycles. The van der Waals surface area contributed by atoms with Gasteiger partial charge in [0.1, 0.15) is 0 Å². The zero-order chi connectivity index (χ0) is 10.3. The van der Waals surface area contributed by atoms with E-state index in [9.17, 15) is 14.2 Å². The zero-order valence-electron chi connectivity index (χ0n) is 7.05. The maximum absolute atomic E-state index is 11.1. The second-order valence-electron chi connectivity index (χ2n) is 1.67. The van der Waals surface area contributed by atoms with Crippen LogP contribution in [0.2, 0.25) is 0 Å². The highest BCUT2D eigenvalue weighted by Crippen LogP contribution is 2.47. The molecule has 0 spiro atoms. The van der Waals surface area contributed by atoms with E-state index in [0.29, 0.717) is 0 Å². The second-order valence-corrected chi connectivity index (χ2v) is 3.48. The van der Waals surface area contributed by atoms with Crippen molar-refractivity contribution in [1.82, 2.24) is 0 Å². The van der Waals surface area contributed by atoms with Crippen LogP contribution in [0.15, 0.2) is 12.2 Å². The number of carbonyl (C=O) groups excluding carboxylic acids is 2. The summed E-state index contributed by atoms with van der Waals surface area (Å²) in [7, 11) is -1.68. The number of phosphoric ester groups is 1. The Balaban J connectivity index is 4.26. The van der Waals surface area contributed by atoms with Crippen molar-refractivity contribution in [3.05, 3.63) is 12.2 Å². The van der Waals surface area contributed by atoms with Gasteiger partial charge < -0.3 is 4.52 Å². The molecule has 0 saturated heterocycles. The molecule has 0 heterocycles. The molecular weight excluding hydrogens is 199 g/mol. The van der Waals surface area contributed by atoms with Gasteiger partial charge in [0, 0.05) is 20.3 Å². The fraction of sp³-hybridized carbons (Fsp3) is 0.333. The zero-order valence-corrected chi connectivity index (χ0v) is 7.95. The maximum atomic E-state index is 11.1. The summed E-state index contributed by atoms with van der Waals surface area (Å²) < 4.78 is 23.9. The number of carbonyl (C=O) groups is 1.